The molecule has 1 aromatic carbocycles. The molecule has 2 rings (SSSR count). The molecule has 108 valence electrons. The first-order valence-corrected chi connectivity index (χ1v) is 5.91. The predicted molar refractivity (Wildman–Crippen MR) is 73.6 cm³/mol. The molecule has 0 aliphatic rings. The van der Waals surface area contributed by atoms with E-state index in [-0.39, 0.29) is 11.0 Å². The minimum Gasteiger partial charge on any atom is -0.507 e. The van der Waals surface area contributed by atoms with Crippen molar-refractivity contribution in [1.82, 2.24) is 4.98 Å². The molecule has 1 heterocycles. The first kappa shape index (κ1) is 14.5. The Bertz CT molecular complexity index is 715. The molecule has 0 aliphatic heterocycles. The number of benzene rings is 1. The Labute approximate surface area is 122 Å². The highest BCUT2D eigenvalue weighted by Crippen LogP contribution is 2.29. The van der Waals surface area contributed by atoms with E-state index >= 15 is 0 Å². The van der Waals surface area contributed by atoms with Crippen LogP contribution in [0, 0.1) is 10.1 Å². The summed E-state index contributed by atoms with van der Waals surface area (Å²) in [7, 11) is 0. The monoisotopic (exact) mass is 309 g/mol. The largest absolute Gasteiger partial charge is 0.507 e. The van der Waals surface area contributed by atoms with Crippen LogP contribution in [0.1, 0.15) is 10.4 Å². The van der Waals surface area contributed by atoms with Gasteiger partial charge < -0.3 is 15.5 Å². The van der Waals surface area contributed by atoms with E-state index < -0.39 is 33.6 Å². The van der Waals surface area contributed by atoms with E-state index in [1.807, 2.05) is 0 Å². The molecule has 0 radical (unpaired) electrons. The Kier molecular flexibility index (Phi) is 3.90. The summed E-state index contributed by atoms with van der Waals surface area (Å²) in [6.45, 7) is 0. The zero-order valence-corrected chi connectivity index (χ0v) is 11.0. The summed E-state index contributed by atoms with van der Waals surface area (Å²) in [6, 6.07) is 5.99. The smallest absolute Gasteiger partial charge is 0.311 e. The number of carbonyl (C=O) groups excluding carboxylic acids is 1. The fourth-order valence-corrected chi connectivity index (χ4v) is 1.75. The van der Waals surface area contributed by atoms with Crippen molar-refractivity contribution in [2.45, 2.75) is 0 Å². The standard InChI is InChI=1S/C12H8ClN3O5/c13-9-5-4-6(16(20)21)11(14-9)15-12(19)10-7(17)2-1-3-8(10)18/h1-5,17-18H,(H,14,15,19). The molecular weight excluding hydrogens is 302 g/mol. The van der Waals surface area contributed by atoms with Crippen LogP contribution in [0.3, 0.4) is 0 Å². The quantitative estimate of drug-likeness (QED) is 0.454. The number of halogens is 1. The maximum atomic E-state index is 12.0. The number of phenolic OH excluding ortho intramolecular Hbond substituents is 2. The summed E-state index contributed by atoms with van der Waals surface area (Å²) in [5.74, 6) is -2.29. The van der Waals surface area contributed by atoms with Gasteiger partial charge >= 0.3 is 5.69 Å². The highest BCUT2D eigenvalue weighted by molar-refractivity contribution is 6.29. The molecule has 3 N–H and O–H groups in total. The van der Waals surface area contributed by atoms with E-state index in [1.165, 1.54) is 24.3 Å². The lowest BCUT2D eigenvalue weighted by Crippen LogP contribution is -2.14. The van der Waals surface area contributed by atoms with Crippen LogP contribution in [-0.2, 0) is 0 Å². The number of hydrogen-bond acceptors (Lipinski definition) is 6. The van der Waals surface area contributed by atoms with Crippen LogP contribution in [0.4, 0.5) is 11.5 Å². The number of aromatic nitrogens is 1. The van der Waals surface area contributed by atoms with Crippen molar-refractivity contribution in [3.8, 4) is 11.5 Å². The number of carbonyl (C=O) groups is 1. The number of rotatable bonds is 3. The number of phenols is 2. The molecule has 0 spiro atoms. The molecule has 0 fully saturated rings. The number of anilines is 1. The maximum absolute atomic E-state index is 12.0. The fourth-order valence-electron chi connectivity index (χ4n) is 1.60. The van der Waals surface area contributed by atoms with Gasteiger partial charge in [0.25, 0.3) is 5.91 Å². The summed E-state index contributed by atoms with van der Waals surface area (Å²) >= 11 is 5.63. The molecule has 0 aliphatic carbocycles. The highest BCUT2D eigenvalue weighted by atomic mass is 35.5. The van der Waals surface area contributed by atoms with Crippen molar-refractivity contribution in [3.05, 3.63) is 51.2 Å². The average molecular weight is 310 g/mol. The summed E-state index contributed by atoms with van der Waals surface area (Å²) in [4.78, 5) is 25.8. The number of pyridine rings is 1. The van der Waals surface area contributed by atoms with E-state index in [0.29, 0.717) is 0 Å². The third-order valence-corrected chi connectivity index (χ3v) is 2.73. The maximum Gasteiger partial charge on any atom is 0.311 e. The van der Waals surface area contributed by atoms with Crippen molar-refractivity contribution in [1.29, 1.82) is 0 Å². The molecule has 0 bridgehead atoms. The molecule has 1 aromatic heterocycles. The fraction of sp³-hybridized carbons (Fsp3) is 0. The van der Waals surface area contributed by atoms with E-state index in [0.717, 1.165) is 6.07 Å². The van der Waals surface area contributed by atoms with Gasteiger partial charge in [0.05, 0.1) is 4.92 Å². The van der Waals surface area contributed by atoms with E-state index in [9.17, 15) is 25.1 Å². The summed E-state index contributed by atoms with van der Waals surface area (Å²) in [6.07, 6.45) is 0. The second-order valence-electron chi connectivity index (χ2n) is 3.88. The normalized spacial score (nSPS) is 10.1. The van der Waals surface area contributed by atoms with Crippen LogP contribution >= 0.6 is 11.6 Å². The topological polar surface area (TPSA) is 126 Å². The van der Waals surface area contributed by atoms with E-state index in [1.54, 1.807) is 0 Å². The lowest BCUT2D eigenvalue weighted by molar-refractivity contribution is -0.384. The van der Waals surface area contributed by atoms with Crippen LogP contribution in [0.5, 0.6) is 11.5 Å². The zero-order chi connectivity index (χ0) is 15.6. The second-order valence-corrected chi connectivity index (χ2v) is 4.27. The van der Waals surface area contributed by atoms with Crippen LogP contribution in [0.25, 0.3) is 0 Å². The third-order valence-electron chi connectivity index (χ3n) is 2.52. The molecule has 0 saturated heterocycles. The molecule has 0 saturated carbocycles. The van der Waals surface area contributed by atoms with Gasteiger partial charge in [0.2, 0.25) is 5.82 Å². The van der Waals surface area contributed by atoms with Crippen molar-refractivity contribution in [2.24, 2.45) is 0 Å². The number of hydrogen-bond donors (Lipinski definition) is 3. The van der Waals surface area contributed by atoms with Crippen molar-refractivity contribution in [2.75, 3.05) is 5.32 Å². The average Bonchev–Trinajstić information content (AvgIpc) is 2.38. The SMILES string of the molecule is O=C(Nc1nc(Cl)ccc1[N+](=O)[O-])c1c(O)cccc1O. The highest BCUT2D eigenvalue weighted by Gasteiger charge is 2.22. The van der Waals surface area contributed by atoms with E-state index in [4.69, 9.17) is 11.6 Å². The molecular formula is C12H8ClN3O5. The number of aromatic hydroxyl groups is 2. The first-order chi connectivity index (χ1) is 9.90. The van der Waals surface area contributed by atoms with Crippen LogP contribution in [-0.4, -0.2) is 26.0 Å². The summed E-state index contributed by atoms with van der Waals surface area (Å²) in [5, 5.41) is 32.1. The summed E-state index contributed by atoms with van der Waals surface area (Å²) < 4.78 is 0. The van der Waals surface area contributed by atoms with Gasteiger partial charge in [0.1, 0.15) is 22.2 Å². The lowest BCUT2D eigenvalue weighted by Gasteiger charge is -2.08. The molecule has 21 heavy (non-hydrogen) atoms. The predicted octanol–water partition coefficient (Wildman–Crippen LogP) is 2.31. The number of nitro groups is 1. The zero-order valence-electron chi connectivity index (χ0n) is 10.3. The Hall–Kier alpha value is -2.87. The van der Waals surface area contributed by atoms with Gasteiger partial charge in [-0.3, -0.25) is 14.9 Å². The first-order valence-electron chi connectivity index (χ1n) is 5.53. The van der Waals surface area contributed by atoms with Gasteiger partial charge in [-0.15, -0.1) is 0 Å². The molecule has 0 atom stereocenters. The van der Waals surface area contributed by atoms with Gasteiger partial charge in [0, 0.05) is 6.07 Å². The second kappa shape index (κ2) is 5.63. The minimum absolute atomic E-state index is 0.0580. The van der Waals surface area contributed by atoms with Gasteiger partial charge in [-0.1, -0.05) is 17.7 Å². The molecule has 2 aromatic rings. The van der Waals surface area contributed by atoms with Gasteiger partial charge in [-0.25, -0.2) is 4.98 Å². The minimum atomic E-state index is -0.955. The number of amides is 1. The number of nitrogens with one attached hydrogen (secondary N) is 1. The molecule has 1 amide bonds. The Morgan fingerprint density at radius 1 is 1.24 bits per heavy atom. The lowest BCUT2D eigenvalue weighted by atomic mass is 10.1. The van der Waals surface area contributed by atoms with Crippen LogP contribution in [0.2, 0.25) is 5.15 Å². The van der Waals surface area contributed by atoms with E-state index in [2.05, 4.69) is 10.3 Å². The van der Waals surface area contributed by atoms with Crippen LogP contribution < -0.4 is 5.32 Å². The third kappa shape index (κ3) is 3.00. The van der Waals surface area contributed by atoms with Crippen molar-refractivity contribution < 1.29 is 19.9 Å². The molecule has 9 heteroatoms. The molecule has 8 nitrogen and oxygen atoms in total. The Balaban J connectivity index is 2.40. The summed E-state index contributed by atoms with van der Waals surface area (Å²) in [5.41, 5.74) is -0.892. The van der Waals surface area contributed by atoms with Gasteiger partial charge in [-0.05, 0) is 18.2 Å². The Morgan fingerprint density at radius 3 is 2.43 bits per heavy atom. The van der Waals surface area contributed by atoms with Crippen LogP contribution in [0.15, 0.2) is 30.3 Å². The van der Waals surface area contributed by atoms with Gasteiger partial charge in [-0.2, -0.15) is 0 Å². The Morgan fingerprint density at radius 2 is 1.86 bits per heavy atom. The van der Waals surface area contributed by atoms with Crippen molar-refractivity contribution >= 4 is 29.0 Å². The van der Waals surface area contributed by atoms with Gasteiger partial charge in [0.15, 0.2) is 0 Å². The van der Waals surface area contributed by atoms with Crippen molar-refractivity contribution in [3.63, 3.8) is 0 Å². The number of nitrogens with zero attached hydrogens (tertiary/aromatic N) is 2. The molecule has 0 unspecified atom stereocenters.